The molecule has 0 amide bonds. The van der Waals surface area contributed by atoms with Crippen molar-refractivity contribution >= 4 is 0 Å². The highest BCUT2D eigenvalue weighted by molar-refractivity contribution is 5.19. The quantitative estimate of drug-likeness (QED) is 0.770. The average molecular weight is 258 g/mol. The van der Waals surface area contributed by atoms with Gasteiger partial charge < -0.3 is 5.32 Å². The van der Waals surface area contributed by atoms with Crippen LogP contribution in [0, 0.1) is 5.92 Å². The lowest BCUT2D eigenvalue weighted by Gasteiger charge is -2.28. The van der Waals surface area contributed by atoms with Crippen LogP contribution in [0.5, 0.6) is 0 Å². The van der Waals surface area contributed by atoms with E-state index in [2.05, 4.69) is 47.5 Å². The van der Waals surface area contributed by atoms with E-state index in [4.69, 9.17) is 0 Å². The number of hydrogen-bond acceptors (Lipinski definition) is 2. The maximum Gasteiger partial charge on any atom is 0.0449 e. The van der Waals surface area contributed by atoms with Gasteiger partial charge in [-0.1, -0.05) is 37.3 Å². The van der Waals surface area contributed by atoms with Gasteiger partial charge >= 0.3 is 0 Å². The Bertz CT molecular complexity index is 382. The van der Waals surface area contributed by atoms with E-state index in [1.165, 1.54) is 44.3 Å². The molecule has 0 spiro atoms. The second kappa shape index (κ2) is 6.06. The van der Waals surface area contributed by atoms with Crippen LogP contribution in [0.1, 0.15) is 44.2 Å². The second-order valence-corrected chi connectivity index (χ2v) is 6.15. The summed E-state index contributed by atoms with van der Waals surface area (Å²) in [5.41, 5.74) is 1.44. The summed E-state index contributed by atoms with van der Waals surface area (Å²) in [6, 6.07) is 12.3. The van der Waals surface area contributed by atoms with Crippen LogP contribution in [0.4, 0.5) is 0 Å². The number of likely N-dealkylation sites (N-methyl/N-ethyl adjacent to an activating group) is 1. The van der Waals surface area contributed by atoms with Crippen molar-refractivity contribution in [2.75, 3.05) is 19.6 Å². The molecule has 1 aromatic carbocycles. The van der Waals surface area contributed by atoms with Crippen LogP contribution in [-0.2, 0) is 0 Å². The molecule has 2 aliphatic carbocycles. The Hall–Kier alpha value is -0.860. The summed E-state index contributed by atoms with van der Waals surface area (Å²) in [6.45, 7) is 5.76. The molecule has 2 heteroatoms. The SMILES string of the molecule is CCNC(CN(CC1CC1)C1CC1)c1ccccc1. The van der Waals surface area contributed by atoms with Crippen LogP contribution in [0.15, 0.2) is 30.3 Å². The number of hydrogen-bond donors (Lipinski definition) is 1. The summed E-state index contributed by atoms with van der Waals surface area (Å²) in [4.78, 5) is 2.75. The van der Waals surface area contributed by atoms with Crippen LogP contribution in [0.25, 0.3) is 0 Å². The zero-order valence-corrected chi connectivity index (χ0v) is 12.0. The van der Waals surface area contributed by atoms with Gasteiger partial charge in [-0.25, -0.2) is 0 Å². The lowest BCUT2D eigenvalue weighted by Crippen LogP contribution is -2.37. The molecule has 104 valence electrons. The predicted octanol–water partition coefficient (Wildman–Crippen LogP) is 3.21. The van der Waals surface area contributed by atoms with Crippen molar-refractivity contribution in [1.29, 1.82) is 0 Å². The fourth-order valence-electron chi connectivity index (χ4n) is 2.90. The first-order chi connectivity index (χ1) is 9.36. The van der Waals surface area contributed by atoms with E-state index in [0.29, 0.717) is 6.04 Å². The fourth-order valence-corrected chi connectivity index (χ4v) is 2.90. The number of nitrogens with one attached hydrogen (secondary N) is 1. The topological polar surface area (TPSA) is 15.3 Å². The Morgan fingerprint density at radius 1 is 1.16 bits per heavy atom. The highest BCUT2D eigenvalue weighted by Gasteiger charge is 2.34. The fraction of sp³-hybridized carbons (Fsp3) is 0.647. The van der Waals surface area contributed by atoms with Crippen molar-refractivity contribution in [2.24, 2.45) is 5.92 Å². The first-order valence-electron chi connectivity index (χ1n) is 7.89. The average Bonchev–Trinajstić information content (AvgIpc) is 3.30. The maximum absolute atomic E-state index is 3.66. The number of rotatable bonds is 8. The van der Waals surface area contributed by atoms with Crippen molar-refractivity contribution < 1.29 is 0 Å². The Labute approximate surface area is 117 Å². The normalized spacial score (nSPS) is 20.7. The van der Waals surface area contributed by atoms with Gasteiger partial charge in [0.2, 0.25) is 0 Å². The summed E-state index contributed by atoms with van der Waals surface area (Å²) < 4.78 is 0. The third-order valence-electron chi connectivity index (χ3n) is 4.32. The van der Waals surface area contributed by atoms with Crippen LogP contribution < -0.4 is 5.32 Å². The Kier molecular flexibility index (Phi) is 4.19. The van der Waals surface area contributed by atoms with Gasteiger partial charge in [-0.2, -0.15) is 0 Å². The molecule has 1 atom stereocenters. The minimum atomic E-state index is 0.491. The largest absolute Gasteiger partial charge is 0.309 e. The van der Waals surface area contributed by atoms with Gasteiger partial charge in [-0.3, -0.25) is 4.90 Å². The molecule has 0 aromatic heterocycles. The zero-order chi connectivity index (χ0) is 13.1. The second-order valence-electron chi connectivity index (χ2n) is 6.15. The first-order valence-corrected chi connectivity index (χ1v) is 7.89. The van der Waals surface area contributed by atoms with E-state index in [-0.39, 0.29) is 0 Å². The summed E-state index contributed by atoms with van der Waals surface area (Å²) in [6.07, 6.45) is 5.75. The molecular weight excluding hydrogens is 232 g/mol. The lowest BCUT2D eigenvalue weighted by atomic mass is 10.1. The van der Waals surface area contributed by atoms with Crippen molar-refractivity contribution in [3.8, 4) is 0 Å². The smallest absolute Gasteiger partial charge is 0.0449 e. The minimum Gasteiger partial charge on any atom is -0.309 e. The molecule has 2 saturated carbocycles. The molecule has 3 rings (SSSR count). The molecule has 1 aromatic rings. The van der Waals surface area contributed by atoms with Gasteiger partial charge in [0.25, 0.3) is 0 Å². The van der Waals surface area contributed by atoms with Crippen LogP contribution in [0.3, 0.4) is 0 Å². The van der Waals surface area contributed by atoms with E-state index in [1.807, 2.05) is 0 Å². The minimum absolute atomic E-state index is 0.491. The van der Waals surface area contributed by atoms with Gasteiger partial charge in [-0.15, -0.1) is 0 Å². The van der Waals surface area contributed by atoms with Crippen molar-refractivity contribution in [2.45, 2.75) is 44.7 Å². The van der Waals surface area contributed by atoms with Crippen LogP contribution in [-0.4, -0.2) is 30.6 Å². The Morgan fingerprint density at radius 2 is 1.89 bits per heavy atom. The van der Waals surface area contributed by atoms with Gasteiger partial charge in [0.05, 0.1) is 0 Å². The van der Waals surface area contributed by atoms with E-state index < -0.39 is 0 Å². The third-order valence-corrected chi connectivity index (χ3v) is 4.32. The monoisotopic (exact) mass is 258 g/mol. The third kappa shape index (κ3) is 3.80. The standard InChI is InChI=1S/C17H26N2/c1-2-18-17(15-6-4-3-5-7-15)13-19(16-10-11-16)12-14-8-9-14/h3-7,14,16-18H,2,8-13H2,1H3. The summed E-state index contributed by atoms with van der Waals surface area (Å²) in [5.74, 6) is 0.999. The van der Waals surface area contributed by atoms with E-state index in [0.717, 1.165) is 18.5 Å². The number of nitrogens with zero attached hydrogens (tertiary/aromatic N) is 1. The van der Waals surface area contributed by atoms with Gasteiger partial charge in [-0.05, 0) is 43.7 Å². The van der Waals surface area contributed by atoms with Crippen molar-refractivity contribution in [3.05, 3.63) is 35.9 Å². The molecule has 2 nitrogen and oxygen atoms in total. The summed E-state index contributed by atoms with van der Waals surface area (Å²) in [7, 11) is 0. The first kappa shape index (κ1) is 13.1. The molecule has 19 heavy (non-hydrogen) atoms. The van der Waals surface area contributed by atoms with Crippen LogP contribution in [0.2, 0.25) is 0 Å². The highest BCUT2D eigenvalue weighted by atomic mass is 15.2. The highest BCUT2D eigenvalue weighted by Crippen LogP contribution is 2.35. The summed E-state index contributed by atoms with van der Waals surface area (Å²) >= 11 is 0. The Morgan fingerprint density at radius 3 is 2.47 bits per heavy atom. The van der Waals surface area contributed by atoms with Gasteiger partial charge in [0, 0.05) is 25.2 Å². The van der Waals surface area contributed by atoms with Gasteiger partial charge in [0.1, 0.15) is 0 Å². The zero-order valence-electron chi connectivity index (χ0n) is 12.0. The van der Waals surface area contributed by atoms with Crippen molar-refractivity contribution in [1.82, 2.24) is 10.2 Å². The number of benzene rings is 1. The van der Waals surface area contributed by atoms with Crippen molar-refractivity contribution in [3.63, 3.8) is 0 Å². The Balaban J connectivity index is 1.64. The molecule has 1 N–H and O–H groups in total. The molecule has 0 radical (unpaired) electrons. The van der Waals surface area contributed by atoms with E-state index >= 15 is 0 Å². The molecule has 2 aliphatic rings. The molecule has 0 aliphatic heterocycles. The van der Waals surface area contributed by atoms with Gasteiger partial charge in [0.15, 0.2) is 0 Å². The molecule has 0 bridgehead atoms. The molecule has 0 heterocycles. The molecule has 0 saturated heterocycles. The van der Waals surface area contributed by atoms with Crippen LogP contribution >= 0.6 is 0 Å². The maximum atomic E-state index is 3.66. The lowest BCUT2D eigenvalue weighted by molar-refractivity contribution is 0.225. The molecule has 1 unspecified atom stereocenters. The molecule has 2 fully saturated rings. The predicted molar refractivity (Wildman–Crippen MR) is 80.2 cm³/mol. The summed E-state index contributed by atoms with van der Waals surface area (Å²) in [5, 5.41) is 3.66. The molecular formula is C17H26N2. The van der Waals surface area contributed by atoms with E-state index in [9.17, 15) is 0 Å². The van der Waals surface area contributed by atoms with E-state index in [1.54, 1.807) is 0 Å².